The van der Waals surface area contributed by atoms with Gasteiger partial charge in [-0.2, -0.15) is 0 Å². The van der Waals surface area contributed by atoms with Crippen LogP contribution in [0.1, 0.15) is 38.2 Å². The molecular formula is C23H25FN2OS. The summed E-state index contributed by atoms with van der Waals surface area (Å²) in [5, 5.41) is 3.53. The Kier molecular flexibility index (Phi) is 5.72. The van der Waals surface area contributed by atoms with Gasteiger partial charge in [-0.15, -0.1) is 0 Å². The van der Waals surface area contributed by atoms with Crippen molar-refractivity contribution in [3.05, 3.63) is 70.9 Å². The van der Waals surface area contributed by atoms with Crippen LogP contribution in [0.15, 0.2) is 59.5 Å². The highest BCUT2D eigenvalue weighted by Gasteiger charge is 2.42. The van der Waals surface area contributed by atoms with E-state index in [9.17, 15) is 9.18 Å². The van der Waals surface area contributed by atoms with Gasteiger partial charge in [-0.1, -0.05) is 61.9 Å². The van der Waals surface area contributed by atoms with Gasteiger partial charge in [-0.05, 0) is 54.7 Å². The molecule has 3 atom stereocenters. The van der Waals surface area contributed by atoms with E-state index in [0.29, 0.717) is 10.8 Å². The normalized spacial score (nSPS) is 26.6. The molecule has 0 aromatic heterocycles. The van der Waals surface area contributed by atoms with Crippen molar-refractivity contribution >= 4 is 29.4 Å². The number of benzene rings is 2. The second-order valence-electron chi connectivity index (χ2n) is 7.58. The molecule has 1 aliphatic heterocycles. The molecule has 28 heavy (non-hydrogen) atoms. The Morgan fingerprint density at radius 2 is 1.79 bits per heavy atom. The first-order chi connectivity index (χ1) is 13.6. The average molecular weight is 397 g/mol. The first kappa shape index (κ1) is 19.1. The molecule has 1 aliphatic carbocycles. The van der Waals surface area contributed by atoms with Crippen LogP contribution >= 0.6 is 11.8 Å². The molecule has 5 heteroatoms. The van der Waals surface area contributed by atoms with Gasteiger partial charge in [-0.3, -0.25) is 4.79 Å². The number of hydrogen-bond donors (Lipinski definition) is 1. The number of halogens is 1. The van der Waals surface area contributed by atoms with E-state index >= 15 is 0 Å². The predicted molar refractivity (Wildman–Crippen MR) is 114 cm³/mol. The second-order valence-corrected chi connectivity index (χ2v) is 8.70. The van der Waals surface area contributed by atoms with Crippen LogP contribution in [0.25, 0.3) is 6.08 Å². The Morgan fingerprint density at radius 3 is 2.50 bits per heavy atom. The summed E-state index contributed by atoms with van der Waals surface area (Å²) in [5.74, 6) is 0.291. The minimum Gasteiger partial charge on any atom is -0.356 e. The quantitative estimate of drug-likeness (QED) is 0.671. The third-order valence-electron chi connectivity index (χ3n) is 5.59. The lowest BCUT2D eigenvalue weighted by Crippen LogP contribution is -2.48. The zero-order valence-electron chi connectivity index (χ0n) is 16.0. The summed E-state index contributed by atoms with van der Waals surface area (Å²) in [4.78, 5) is 16.1. The highest BCUT2D eigenvalue weighted by molar-refractivity contribution is 8.05. The van der Waals surface area contributed by atoms with Crippen LogP contribution < -0.4 is 5.32 Å². The SMILES string of the molecule is C[C@H]1CCCC[C@H]1N1C(=O)/C(=C/c2ccc(F)cc2)SC1Nc1ccccc1. The van der Waals surface area contributed by atoms with Gasteiger partial charge in [0.2, 0.25) is 0 Å². The summed E-state index contributed by atoms with van der Waals surface area (Å²) in [6.45, 7) is 2.25. The lowest BCUT2D eigenvalue weighted by Gasteiger charge is -2.39. The molecule has 2 aliphatic rings. The molecule has 2 aromatic rings. The molecule has 1 N–H and O–H groups in total. The fourth-order valence-electron chi connectivity index (χ4n) is 4.08. The predicted octanol–water partition coefficient (Wildman–Crippen LogP) is 5.72. The molecule has 0 spiro atoms. The molecule has 1 unspecified atom stereocenters. The fourth-order valence-corrected chi connectivity index (χ4v) is 5.29. The van der Waals surface area contributed by atoms with Gasteiger partial charge >= 0.3 is 0 Å². The highest BCUT2D eigenvalue weighted by Crippen LogP contribution is 2.42. The molecule has 1 heterocycles. The summed E-state index contributed by atoms with van der Waals surface area (Å²) in [5.41, 5.74) is 1.71. The van der Waals surface area contributed by atoms with Crippen molar-refractivity contribution in [2.75, 3.05) is 5.32 Å². The number of para-hydroxylation sites is 1. The Balaban J connectivity index is 1.63. The molecule has 1 saturated carbocycles. The van der Waals surface area contributed by atoms with Crippen molar-refractivity contribution < 1.29 is 9.18 Å². The Morgan fingerprint density at radius 1 is 1.07 bits per heavy atom. The van der Waals surface area contributed by atoms with Crippen molar-refractivity contribution in [2.45, 2.75) is 44.1 Å². The van der Waals surface area contributed by atoms with Gasteiger partial charge < -0.3 is 10.2 Å². The van der Waals surface area contributed by atoms with Gasteiger partial charge in [-0.25, -0.2) is 4.39 Å². The zero-order valence-corrected chi connectivity index (χ0v) is 16.8. The van der Waals surface area contributed by atoms with Gasteiger partial charge in [0.25, 0.3) is 5.91 Å². The van der Waals surface area contributed by atoms with E-state index in [0.717, 1.165) is 24.1 Å². The number of carbonyl (C=O) groups is 1. The number of nitrogens with one attached hydrogen (secondary N) is 1. The first-order valence-corrected chi connectivity index (χ1v) is 10.8. The van der Waals surface area contributed by atoms with Crippen LogP contribution in [-0.4, -0.2) is 22.3 Å². The number of thioether (sulfide) groups is 1. The van der Waals surface area contributed by atoms with Crippen molar-refractivity contribution in [1.82, 2.24) is 4.90 Å². The number of nitrogens with zero attached hydrogens (tertiary/aromatic N) is 1. The van der Waals surface area contributed by atoms with Crippen LogP contribution in [0.5, 0.6) is 0 Å². The fraction of sp³-hybridized carbons (Fsp3) is 0.348. The summed E-state index contributed by atoms with van der Waals surface area (Å²) in [7, 11) is 0. The monoisotopic (exact) mass is 396 g/mol. The molecule has 2 fully saturated rings. The lowest BCUT2D eigenvalue weighted by atomic mass is 9.85. The Hall–Kier alpha value is -2.27. The largest absolute Gasteiger partial charge is 0.356 e. The minimum absolute atomic E-state index is 0.0708. The topological polar surface area (TPSA) is 32.3 Å². The maximum absolute atomic E-state index is 13.3. The Labute approximate surface area is 170 Å². The molecule has 0 radical (unpaired) electrons. The van der Waals surface area contributed by atoms with Gasteiger partial charge in [0.1, 0.15) is 5.82 Å². The number of amides is 1. The van der Waals surface area contributed by atoms with E-state index < -0.39 is 0 Å². The number of carbonyl (C=O) groups excluding carboxylic acids is 1. The molecule has 1 amide bonds. The zero-order chi connectivity index (χ0) is 19.5. The minimum atomic E-state index is -0.270. The van der Waals surface area contributed by atoms with Gasteiger partial charge in [0.15, 0.2) is 5.50 Å². The highest BCUT2D eigenvalue weighted by atomic mass is 32.2. The van der Waals surface area contributed by atoms with E-state index in [-0.39, 0.29) is 23.3 Å². The van der Waals surface area contributed by atoms with Crippen LogP contribution in [-0.2, 0) is 4.79 Å². The number of rotatable bonds is 4. The summed E-state index contributed by atoms with van der Waals surface area (Å²) < 4.78 is 13.2. The number of hydrogen-bond acceptors (Lipinski definition) is 3. The van der Waals surface area contributed by atoms with Crippen LogP contribution in [0.3, 0.4) is 0 Å². The van der Waals surface area contributed by atoms with Gasteiger partial charge in [0, 0.05) is 11.7 Å². The maximum Gasteiger partial charge on any atom is 0.262 e. The molecule has 146 valence electrons. The summed E-state index contributed by atoms with van der Waals surface area (Å²) in [6.07, 6.45) is 6.48. The van der Waals surface area contributed by atoms with Crippen molar-refractivity contribution in [3.63, 3.8) is 0 Å². The molecular weight excluding hydrogens is 371 g/mol. The number of anilines is 1. The molecule has 4 rings (SSSR count). The lowest BCUT2D eigenvalue weighted by molar-refractivity contribution is -0.129. The maximum atomic E-state index is 13.3. The Bertz CT molecular complexity index is 853. The third kappa shape index (κ3) is 4.09. The van der Waals surface area contributed by atoms with Crippen LogP contribution in [0.2, 0.25) is 0 Å². The molecule has 0 bridgehead atoms. The van der Waals surface area contributed by atoms with Crippen molar-refractivity contribution in [1.29, 1.82) is 0 Å². The van der Waals surface area contributed by atoms with E-state index in [1.54, 1.807) is 23.9 Å². The average Bonchev–Trinajstić information content (AvgIpc) is 3.00. The van der Waals surface area contributed by atoms with Gasteiger partial charge in [0.05, 0.1) is 4.91 Å². The van der Waals surface area contributed by atoms with E-state index in [1.165, 1.54) is 25.0 Å². The van der Waals surface area contributed by atoms with Crippen LogP contribution in [0.4, 0.5) is 10.1 Å². The third-order valence-corrected chi connectivity index (χ3v) is 6.71. The molecule has 2 aromatic carbocycles. The van der Waals surface area contributed by atoms with E-state index in [1.807, 2.05) is 41.3 Å². The van der Waals surface area contributed by atoms with Crippen LogP contribution in [0, 0.1) is 11.7 Å². The summed E-state index contributed by atoms with van der Waals surface area (Å²) in [6, 6.07) is 16.5. The molecule has 1 saturated heterocycles. The summed E-state index contributed by atoms with van der Waals surface area (Å²) >= 11 is 1.55. The smallest absolute Gasteiger partial charge is 0.262 e. The van der Waals surface area contributed by atoms with E-state index in [2.05, 4.69) is 12.2 Å². The standard InChI is InChI=1S/C23H25FN2OS/c1-16-7-5-6-10-20(16)26-22(27)21(15-17-11-13-18(24)14-12-17)28-23(26)25-19-8-3-2-4-9-19/h2-4,8-9,11-16,20,23,25H,5-7,10H2,1H3/b21-15-/t16-,20+,23?/m0/s1. The first-order valence-electron chi connectivity index (χ1n) is 9.90. The second kappa shape index (κ2) is 8.39. The van der Waals surface area contributed by atoms with Crippen molar-refractivity contribution in [3.8, 4) is 0 Å². The van der Waals surface area contributed by atoms with E-state index in [4.69, 9.17) is 0 Å². The molecule has 3 nitrogen and oxygen atoms in total. The van der Waals surface area contributed by atoms with Crippen molar-refractivity contribution in [2.24, 2.45) is 5.92 Å².